The lowest BCUT2D eigenvalue weighted by atomic mass is 10.0. The maximum absolute atomic E-state index is 12.2. The summed E-state index contributed by atoms with van der Waals surface area (Å²) >= 11 is 0. The van der Waals surface area contributed by atoms with Crippen LogP contribution in [0.1, 0.15) is 33.6 Å². The number of carboxylic acids is 2. The number of carboxylic acid groups (broad SMARTS) is 2. The van der Waals surface area contributed by atoms with E-state index in [1.807, 2.05) is 0 Å². The molecular weight excluding hydrogens is 376 g/mol. The first-order valence-corrected chi connectivity index (χ1v) is 8.62. The molecule has 0 aromatic rings. The summed E-state index contributed by atoms with van der Waals surface area (Å²) in [6.07, 6.45) is -1.77. The third-order valence-electron chi connectivity index (χ3n) is 3.74. The summed E-state index contributed by atoms with van der Waals surface area (Å²) in [4.78, 5) is 57.5. The van der Waals surface area contributed by atoms with E-state index in [0.29, 0.717) is 0 Å². The molecule has 4 atom stereocenters. The Labute approximate surface area is 161 Å². The lowest BCUT2D eigenvalue weighted by molar-refractivity contribution is -0.144. The number of aliphatic carboxylic acids is 2. The fraction of sp³-hybridized carbons (Fsp3) is 0.688. The number of carbonyl (C=O) groups is 5. The molecular formula is C16H28N4O8. The first kappa shape index (κ1) is 25.3. The van der Waals surface area contributed by atoms with Gasteiger partial charge in [0.05, 0.1) is 18.7 Å². The van der Waals surface area contributed by atoms with E-state index in [4.69, 9.17) is 15.9 Å². The highest BCUT2D eigenvalue weighted by Crippen LogP contribution is 2.03. The van der Waals surface area contributed by atoms with Gasteiger partial charge in [0.15, 0.2) is 0 Å². The van der Waals surface area contributed by atoms with E-state index >= 15 is 0 Å². The van der Waals surface area contributed by atoms with E-state index in [2.05, 4.69) is 16.0 Å². The number of hydrogen-bond acceptors (Lipinski definition) is 7. The Morgan fingerprint density at radius 2 is 1.50 bits per heavy atom. The van der Waals surface area contributed by atoms with Gasteiger partial charge in [-0.3, -0.25) is 19.2 Å². The van der Waals surface area contributed by atoms with Crippen LogP contribution >= 0.6 is 0 Å². The number of amides is 3. The first-order valence-electron chi connectivity index (χ1n) is 8.62. The molecule has 12 heteroatoms. The van der Waals surface area contributed by atoms with E-state index in [1.165, 1.54) is 6.92 Å². The van der Waals surface area contributed by atoms with Crippen LogP contribution in [0.4, 0.5) is 0 Å². The molecule has 0 saturated carbocycles. The minimum absolute atomic E-state index is 0.118. The van der Waals surface area contributed by atoms with Crippen molar-refractivity contribution >= 4 is 29.7 Å². The zero-order valence-electron chi connectivity index (χ0n) is 16.0. The SMILES string of the molecule is CC(C)C(NC(=O)C(NC(=O)CNC(=O)C(N)CCC(=O)O)C(C)O)C(=O)O. The lowest BCUT2D eigenvalue weighted by Crippen LogP contribution is -2.58. The van der Waals surface area contributed by atoms with Crippen molar-refractivity contribution in [1.82, 2.24) is 16.0 Å². The van der Waals surface area contributed by atoms with Crippen LogP contribution in [-0.2, 0) is 24.0 Å². The van der Waals surface area contributed by atoms with Gasteiger partial charge in [0.25, 0.3) is 0 Å². The third-order valence-corrected chi connectivity index (χ3v) is 3.74. The second kappa shape index (κ2) is 11.9. The van der Waals surface area contributed by atoms with Crippen LogP contribution in [0.2, 0.25) is 0 Å². The van der Waals surface area contributed by atoms with Gasteiger partial charge in [-0.15, -0.1) is 0 Å². The molecule has 28 heavy (non-hydrogen) atoms. The average molecular weight is 404 g/mol. The van der Waals surface area contributed by atoms with Crippen molar-refractivity contribution < 1.29 is 39.3 Å². The summed E-state index contributed by atoms with van der Waals surface area (Å²) in [6.45, 7) is 3.83. The zero-order chi connectivity index (χ0) is 22.0. The summed E-state index contributed by atoms with van der Waals surface area (Å²) in [5.41, 5.74) is 5.49. The van der Waals surface area contributed by atoms with E-state index < -0.39 is 66.4 Å². The molecule has 12 nitrogen and oxygen atoms in total. The van der Waals surface area contributed by atoms with Crippen molar-refractivity contribution in [2.24, 2.45) is 11.7 Å². The highest BCUT2D eigenvalue weighted by Gasteiger charge is 2.31. The molecule has 3 amide bonds. The van der Waals surface area contributed by atoms with Crippen molar-refractivity contribution in [3.05, 3.63) is 0 Å². The molecule has 0 saturated heterocycles. The van der Waals surface area contributed by atoms with Crippen LogP contribution in [0.3, 0.4) is 0 Å². The molecule has 0 bridgehead atoms. The fourth-order valence-corrected chi connectivity index (χ4v) is 2.09. The van der Waals surface area contributed by atoms with Gasteiger partial charge in [-0.2, -0.15) is 0 Å². The second-order valence-electron chi connectivity index (χ2n) is 6.61. The number of aliphatic hydroxyl groups excluding tert-OH is 1. The molecule has 0 aromatic heterocycles. The Bertz CT molecular complexity index is 593. The number of nitrogens with two attached hydrogens (primary N) is 1. The zero-order valence-corrected chi connectivity index (χ0v) is 16.0. The highest BCUT2D eigenvalue weighted by atomic mass is 16.4. The van der Waals surface area contributed by atoms with Crippen LogP contribution in [0, 0.1) is 5.92 Å². The van der Waals surface area contributed by atoms with Gasteiger partial charge < -0.3 is 37.0 Å². The summed E-state index contributed by atoms with van der Waals surface area (Å²) in [5, 5.41) is 34.0. The van der Waals surface area contributed by atoms with Gasteiger partial charge in [0.2, 0.25) is 17.7 Å². The standard InChI is InChI=1S/C16H28N4O8/c1-7(2)12(16(27)28)20-15(26)13(8(3)21)19-10(22)6-18-14(25)9(17)4-5-11(23)24/h7-9,12-13,21H,4-6,17H2,1-3H3,(H,18,25)(H,19,22)(H,20,26)(H,23,24)(H,27,28). The largest absolute Gasteiger partial charge is 0.481 e. The molecule has 0 spiro atoms. The predicted octanol–water partition coefficient (Wildman–Crippen LogP) is -2.61. The quantitative estimate of drug-likeness (QED) is 0.181. The molecule has 0 aliphatic heterocycles. The van der Waals surface area contributed by atoms with Crippen molar-refractivity contribution in [3.8, 4) is 0 Å². The molecule has 0 aromatic carbocycles. The van der Waals surface area contributed by atoms with E-state index in [-0.39, 0.29) is 12.8 Å². The predicted molar refractivity (Wildman–Crippen MR) is 95.9 cm³/mol. The topological polar surface area (TPSA) is 208 Å². The Kier molecular flexibility index (Phi) is 10.7. The monoisotopic (exact) mass is 404 g/mol. The van der Waals surface area contributed by atoms with Gasteiger partial charge in [0.1, 0.15) is 12.1 Å². The molecule has 160 valence electrons. The third kappa shape index (κ3) is 9.28. The van der Waals surface area contributed by atoms with Crippen molar-refractivity contribution in [2.45, 2.75) is 57.8 Å². The van der Waals surface area contributed by atoms with Crippen molar-refractivity contribution in [3.63, 3.8) is 0 Å². The van der Waals surface area contributed by atoms with Crippen molar-refractivity contribution in [1.29, 1.82) is 0 Å². The molecule has 0 fully saturated rings. The molecule has 0 radical (unpaired) electrons. The van der Waals surface area contributed by atoms with Gasteiger partial charge in [-0.1, -0.05) is 13.8 Å². The normalized spacial score (nSPS) is 15.1. The molecule has 0 rings (SSSR count). The van der Waals surface area contributed by atoms with Gasteiger partial charge in [0, 0.05) is 6.42 Å². The minimum Gasteiger partial charge on any atom is -0.481 e. The number of nitrogens with one attached hydrogen (secondary N) is 3. The number of rotatable bonds is 12. The Morgan fingerprint density at radius 1 is 0.929 bits per heavy atom. The molecule has 0 aliphatic rings. The van der Waals surface area contributed by atoms with Gasteiger partial charge >= 0.3 is 11.9 Å². The van der Waals surface area contributed by atoms with Crippen LogP contribution in [0.15, 0.2) is 0 Å². The Balaban J connectivity index is 4.73. The fourth-order valence-electron chi connectivity index (χ4n) is 2.09. The number of aliphatic hydroxyl groups is 1. The van der Waals surface area contributed by atoms with E-state index in [1.54, 1.807) is 13.8 Å². The second-order valence-corrected chi connectivity index (χ2v) is 6.61. The summed E-state index contributed by atoms with van der Waals surface area (Å²) in [5.74, 6) is -5.28. The first-order chi connectivity index (χ1) is 12.9. The van der Waals surface area contributed by atoms with Gasteiger partial charge in [-0.25, -0.2) is 4.79 Å². The molecule has 0 heterocycles. The van der Waals surface area contributed by atoms with Crippen LogP contribution in [0.5, 0.6) is 0 Å². The maximum Gasteiger partial charge on any atom is 0.326 e. The van der Waals surface area contributed by atoms with Crippen LogP contribution in [-0.4, -0.2) is 75.8 Å². The molecule has 8 N–H and O–H groups in total. The number of carbonyl (C=O) groups excluding carboxylic acids is 3. The molecule has 0 aliphatic carbocycles. The van der Waals surface area contributed by atoms with Crippen molar-refractivity contribution in [2.75, 3.05) is 6.54 Å². The summed E-state index contributed by atoms with van der Waals surface area (Å²) < 4.78 is 0. The average Bonchev–Trinajstić information content (AvgIpc) is 2.58. The molecule has 4 unspecified atom stereocenters. The smallest absolute Gasteiger partial charge is 0.326 e. The maximum atomic E-state index is 12.2. The Hall–Kier alpha value is -2.73. The number of hydrogen-bond donors (Lipinski definition) is 7. The minimum atomic E-state index is -1.44. The van der Waals surface area contributed by atoms with Crippen LogP contribution in [0.25, 0.3) is 0 Å². The van der Waals surface area contributed by atoms with E-state index in [9.17, 15) is 29.1 Å². The summed E-state index contributed by atoms with van der Waals surface area (Å²) in [7, 11) is 0. The highest BCUT2D eigenvalue weighted by molar-refractivity contribution is 5.92. The lowest BCUT2D eigenvalue weighted by Gasteiger charge is -2.25. The van der Waals surface area contributed by atoms with Crippen LogP contribution < -0.4 is 21.7 Å². The van der Waals surface area contributed by atoms with Gasteiger partial charge in [-0.05, 0) is 19.3 Å². The van der Waals surface area contributed by atoms with E-state index in [0.717, 1.165) is 0 Å². The Morgan fingerprint density at radius 3 is 1.93 bits per heavy atom. The summed E-state index contributed by atoms with van der Waals surface area (Å²) in [6, 6.07) is -3.77.